The molecule has 0 aliphatic rings. The summed E-state index contributed by atoms with van der Waals surface area (Å²) in [6.45, 7) is 6.78. The fraction of sp³-hybridized carbons (Fsp3) is 0.196. The molecule has 0 saturated heterocycles. The summed E-state index contributed by atoms with van der Waals surface area (Å²) in [6, 6.07) is 22.7. The van der Waals surface area contributed by atoms with Crippen molar-refractivity contribution in [1.29, 1.82) is 0 Å². The van der Waals surface area contributed by atoms with Crippen LogP contribution in [0.1, 0.15) is 79.5 Å². The number of aromatic carboxylic acids is 1. The van der Waals surface area contributed by atoms with Crippen LogP contribution in [0.5, 0.6) is 17.2 Å². The maximum atomic E-state index is 13.4. The number of rotatable bonds is 20. The second-order valence-electron chi connectivity index (χ2n) is 14.9. The van der Waals surface area contributed by atoms with Crippen LogP contribution in [0.15, 0.2) is 103 Å². The van der Waals surface area contributed by atoms with Crippen LogP contribution in [0.2, 0.25) is 0 Å². The molecule has 21 nitrogen and oxygen atoms in total. The Kier molecular flexibility index (Phi) is 16.3. The molecule has 0 radical (unpaired) electrons. The summed E-state index contributed by atoms with van der Waals surface area (Å²) in [6.07, 6.45) is -3.47. The molecule has 348 valence electrons. The zero-order chi connectivity index (χ0) is 48.9. The lowest BCUT2D eigenvalue weighted by molar-refractivity contribution is -0.384. The number of amides is 6. The van der Waals surface area contributed by atoms with Crippen LogP contribution in [-0.2, 0) is 14.3 Å². The first-order valence-electron chi connectivity index (χ1n) is 20.2. The summed E-state index contributed by atoms with van der Waals surface area (Å²) < 4.78 is 16.9. The van der Waals surface area contributed by atoms with Gasteiger partial charge in [0.05, 0.1) is 39.6 Å². The Hall–Kier alpha value is -8.85. The van der Waals surface area contributed by atoms with Gasteiger partial charge < -0.3 is 56.3 Å². The smallest absolute Gasteiger partial charge is 0.335 e. The molecule has 67 heavy (non-hydrogen) atoms. The van der Waals surface area contributed by atoms with E-state index in [1.165, 1.54) is 110 Å². The molecule has 2 unspecified atom stereocenters. The van der Waals surface area contributed by atoms with Gasteiger partial charge in [-0.15, -0.1) is 0 Å². The Morgan fingerprint density at radius 3 is 1.69 bits per heavy atom. The minimum absolute atomic E-state index is 0.0147. The molecule has 0 heterocycles. The van der Waals surface area contributed by atoms with Gasteiger partial charge in [0.25, 0.3) is 35.2 Å². The lowest BCUT2D eigenvalue weighted by Crippen LogP contribution is -2.57. The standard InChI is InChI=1S/C46H45N7O14/c1-24(2)66-36-22-29(46(61)62)12-20-34(36)50-44(59)33-19-21-35(38(37(33)55)67-25(3)4)51-42(57)26-6-15-31(16-7-26)49-45(60)39(65-5)40(47-23-54)52-43(58)27-8-13-30(14-9-27)48-41(56)28-10-17-32(18-11-28)53(63)64/h6-25,39-40,55H,1-5H3,(H,47,54)(H,48,56)(H,49,60)(H,50,59)(H,51,57)(H,52,58)(H,61,62). The van der Waals surface area contributed by atoms with Crippen LogP contribution >= 0.6 is 0 Å². The van der Waals surface area contributed by atoms with Crippen molar-refractivity contribution in [3.63, 3.8) is 0 Å². The number of hydrogen-bond donors (Lipinski definition) is 8. The quantitative estimate of drug-likeness (QED) is 0.0199. The average Bonchev–Trinajstić information content (AvgIpc) is 3.28. The fourth-order valence-corrected chi connectivity index (χ4v) is 6.16. The Labute approximate surface area is 382 Å². The average molecular weight is 920 g/mol. The first-order valence-corrected chi connectivity index (χ1v) is 20.2. The topological polar surface area (TPSA) is 303 Å². The number of anilines is 4. The van der Waals surface area contributed by atoms with Gasteiger partial charge in [0.1, 0.15) is 11.9 Å². The molecule has 6 amide bonds. The predicted octanol–water partition coefficient (Wildman–Crippen LogP) is 5.79. The number of nitrogens with zero attached hydrogens (tertiary/aromatic N) is 1. The lowest BCUT2D eigenvalue weighted by Gasteiger charge is -2.25. The molecule has 8 N–H and O–H groups in total. The van der Waals surface area contributed by atoms with E-state index in [1.54, 1.807) is 27.7 Å². The van der Waals surface area contributed by atoms with Crippen molar-refractivity contribution in [3.05, 3.63) is 141 Å². The molecule has 0 saturated carbocycles. The van der Waals surface area contributed by atoms with Crippen LogP contribution in [0.4, 0.5) is 28.4 Å². The van der Waals surface area contributed by atoms with Crippen LogP contribution < -0.4 is 41.4 Å². The van der Waals surface area contributed by atoms with E-state index in [9.17, 15) is 53.9 Å². The van der Waals surface area contributed by atoms with Crippen molar-refractivity contribution in [2.24, 2.45) is 0 Å². The van der Waals surface area contributed by atoms with Crippen molar-refractivity contribution >= 4 is 70.4 Å². The number of benzene rings is 5. The minimum Gasteiger partial charge on any atom is -0.504 e. The van der Waals surface area contributed by atoms with Gasteiger partial charge in [0, 0.05) is 47.3 Å². The first-order chi connectivity index (χ1) is 31.9. The number of carboxylic acids is 1. The lowest BCUT2D eigenvalue weighted by atomic mass is 10.1. The molecular formula is C46H45N7O14. The van der Waals surface area contributed by atoms with Gasteiger partial charge in [0.15, 0.2) is 17.6 Å². The maximum absolute atomic E-state index is 13.4. The largest absolute Gasteiger partial charge is 0.504 e. The number of carbonyl (C=O) groups is 7. The number of hydrogen-bond acceptors (Lipinski definition) is 13. The third-order valence-electron chi connectivity index (χ3n) is 9.33. The number of methoxy groups -OCH3 is 1. The Balaban J connectivity index is 1.23. The summed E-state index contributed by atoms with van der Waals surface area (Å²) in [5.41, 5.74) is 0.532. The highest BCUT2D eigenvalue weighted by molar-refractivity contribution is 6.10. The molecule has 21 heteroatoms. The molecule has 2 atom stereocenters. The third kappa shape index (κ3) is 12.9. The van der Waals surface area contributed by atoms with E-state index in [2.05, 4.69) is 31.9 Å². The van der Waals surface area contributed by atoms with Crippen LogP contribution in [-0.4, -0.2) is 88.6 Å². The van der Waals surface area contributed by atoms with Gasteiger partial charge in [-0.2, -0.15) is 0 Å². The van der Waals surface area contributed by atoms with Crippen molar-refractivity contribution in [3.8, 4) is 17.2 Å². The summed E-state index contributed by atoms with van der Waals surface area (Å²) in [7, 11) is 1.18. The van der Waals surface area contributed by atoms with Gasteiger partial charge in [-0.05, 0) is 119 Å². The normalized spacial score (nSPS) is 11.6. The summed E-state index contributed by atoms with van der Waals surface area (Å²) in [5, 5.41) is 46.9. The highest BCUT2D eigenvalue weighted by Gasteiger charge is 2.30. The number of non-ortho nitro benzene ring substituents is 1. The van der Waals surface area contributed by atoms with E-state index in [-0.39, 0.29) is 74.6 Å². The molecule has 0 aromatic heterocycles. The van der Waals surface area contributed by atoms with Crippen LogP contribution in [0, 0.1) is 10.1 Å². The zero-order valence-electron chi connectivity index (χ0n) is 36.4. The van der Waals surface area contributed by atoms with E-state index >= 15 is 0 Å². The van der Waals surface area contributed by atoms with E-state index in [0.717, 1.165) is 0 Å². The number of aromatic hydroxyl groups is 1. The molecule has 0 aliphatic heterocycles. The fourth-order valence-electron chi connectivity index (χ4n) is 6.16. The van der Waals surface area contributed by atoms with Gasteiger partial charge in [-0.1, -0.05) is 0 Å². The minimum atomic E-state index is -1.47. The Morgan fingerprint density at radius 1 is 0.642 bits per heavy atom. The summed E-state index contributed by atoms with van der Waals surface area (Å²) >= 11 is 0. The van der Waals surface area contributed by atoms with E-state index in [1.807, 2.05) is 0 Å². The van der Waals surface area contributed by atoms with E-state index in [0.29, 0.717) is 5.69 Å². The zero-order valence-corrected chi connectivity index (χ0v) is 36.4. The van der Waals surface area contributed by atoms with E-state index < -0.39 is 64.6 Å². The van der Waals surface area contributed by atoms with Crippen molar-refractivity contribution in [1.82, 2.24) is 10.6 Å². The highest BCUT2D eigenvalue weighted by atomic mass is 16.6. The maximum Gasteiger partial charge on any atom is 0.335 e. The monoisotopic (exact) mass is 919 g/mol. The molecule has 0 fully saturated rings. The van der Waals surface area contributed by atoms with Gasteiger partial charge >= 0.3 is 5.97 Å². The SMILES string of the molecule is COC(C(=O)Nc1ccc(C(=O)Nc2ccc(C(=O)Nc3ccc(C(=O)O)cc3OC(C)C)c(O)c2OC(C)C)cc1)C(NC=O)NC(=O)c1ccc(NC(=O)c2ccc([N+](=O)[O-])cc2)cc1. The second-order valence-corrected chi connectivity index (χ2v) is 14.9. The van der Waals surface area contributed by atoms with Crippen molar-refractivity contribution in [2.75, 3.05) is 28.4 Å². The summed E-state index contributed by atoms with van der Waals surface area (Å²) in [4.78, 5) is 99.4. The summed E-state index contributed by atoms with van der Waals surface area (Å²) in [5.74, 6) is -5.42. The van der Waals surface area contributed by atoms with Crippen LogP contribution in [0.25, 0.3) is 0 Å². The molecule has 5 aromatic rings. The molecule has 0 aliphatic carbocycles. The molecule has 5 aromatic carbocycles. The Morgan fingerprint density at radius 2 is 1.15 bits per heavy atom. The van der Waals surface area contributed by atoms with Crippen LogP contribution in [0.3, 0.4) is 0 Å². The Bertz CT molecular complexity index is 2670. The van der Waals surface area contributed by atoms with Gasteiger partial charge in [-0.3, -0.25) is 38.9 Å². The number of carboxylic acid groups (broad SMARTS) is 1. The highest BCUT2D eigenvalue weighted by Crippen LogP contribution is 2.39. The van der Waals surface area contributed by atoms with Crippen molar-refractivity contribution < 1.29 is 62.9 Å². The first kappa shape index (κ1) is 49.2. The van der Waals surface area contributed by atoms with Gasteiger partial charge in [-0.25, -0.2) is 4.79 Å². The number of phenolic OH excluding ortho intramolecular Hbond substituents is 1. The molecule has 0 spiro atoms. The number of phenols is 1. The van der Waals surface area contributed by atoms with E-state index in [4.69, 9.17) is 14.2 Å². The third-order valence-corrected chi connectivity index (χ3v) is 9.33. The molecule has 0 bridgehead atoms. The van der Waals surface area contributed by atoms with Crippen molar-refractivity contribution in [2.45, 2.75) is 52.2 Å². The number of ether oxygens (including phenoxy) is 3. The number of nitro benzene ring substituents is 1. The second kappa shape index (κ2) is 22.2. The molecule has 5 rings (SSSR count). The molecular weight excluding hydrogens is 875 g/mol. The number of carbonyl (C=O) groups excluding carboxylic acids is 6. The number of nitro groups is 1. The number of nitrogens with one attached hydrogen (secondary N) is 6. The predicted molar refractivity (Wildman–Crippen MR) is 243 cm³/mol. The van der Waals surface area contributed by atoms with Gasteiger partial charge in [0.2, 0.25) is 6.41 Å².